The van der Waals surface area contributed by atoms with Gasteiger partial charge in [0, 0.05) is 13.6 Å². The van der Waals surface area contributed by atoms with Gasteiger partial charge in [-0.3, -0.25) is 14.5 Å². The lowest BCUT2D eigenvalue weighted by Crippen LogP contribution is -2.53. The molecule has 1 atom stereocenters. The lowest BCUT2D eigenvalue weighted by molar-refractivity contribution is -0.156. The Hall–Kier alpha value is -1.82. The Morgan fingerprint density at radius 1 is 1.22 bits per heavy atom. The van der Waals surface area contributed by atoms with E-state index in [1.54, 1.807) is 37.6 Å². The number of carbonyl (C=O) groups is 2. The van der Waals surface area contributed by atoms with Crippen LogP contribution in [-0.4, -0.2) is 35.1 Å². The highest BCUT2D eigenvalue weighted by atomic mass is 35.5. The summed E-state index contributed by atoms with van der Waals surface area (Å²) in [6.45, 7) is 0.459. The maximum Gasteiger partial charge on any atom is 0.292 e. The number of ketones is 1. The average Bonchev–Trinajstić information content (AvgIpc) is 3.03. The molecule has 1 unspecified atom stereocenters. The molecule has 1 aromatic heterocycles. The first kappa shape index (κ1) is 16.1. The standard InChI is InChI=1S/C16H14Cl2N2O3/c1-19-15(14-3-2-6-23-14)20(9-13(21)16(19)22)8-10-4-5-11(17)12(18)7-10/h2-7,15H,8-9H2,1H3. The Labute approximate surface area is 143 Å². The van der Waals surface area contributed by atoms with Crippen molar-refractivity contribution in [3.8, 4) is 0 Å². The first-order chi connectivity index (χ1) is 11.0. The maximum atomic E-state index is 12.0. The van der Waals surface area contributed by atoms with Crippen LogP contribution in [0.5, 0.6) is 0 Å². The zero-order valence-electron chi connectivity index (χ0n) is 12.3. The average molecular weight is 353 g/mol. The fourth-order valence-electron chi connectivity index (χ4n) is 2.72. The van der Waals surface area contributed by atoms with Crippen LogP contribution in [-0.2, 0) is 16.1 Å². The topological polar surface area (TPSA) is 53.8 Å². The van der Waals surface area contributed by atoms with Crippen LogP contribution in [0, 0.1) is 0 Å². The summed E-state index contributed by atoms with van der Waals surface area (Å²) in [5.41, 5.74) is 0.895. The lowest BCUT2D eigenvalue weighted by Gasteiger charge is -2.39. The Morgan fingerprint density at radius 2 is 2.00 bits per heavy atom. The lowest BCUT2D eigenvalue weighted by atomic mass is 10.1. The molecule has 3 rings (SSSR count). The Morgan fingerprint density at radius 3 is 2.65 bits per heavy atom. The van der Waals surface area contributed by atoms with Crippen LogP contribution < -0.4 is 0 Å². The molecule has 0 spiro atoms. The fourth-order valence-corrected chi connectivity index (χ4v) is 3.04. The number of hydrogen-bond donors (Lipinski definition) is 0. The first-order valence-electron chi connectivity index (χ1n) is 6.98. The molecule has 0 aliphatic carbocycles. The molecule has 2 aromatic rings. The summed E-state index contributed by atoms with van der Waals surface area (Å²) in [6.07, 6.45) is 1.10. The van der Waals surface area contributed by atoms with Gasteiger partial charge in [0.1, 0.15) is 11.9 Å². The van der Waals surface area contributed by atoms with E-state index in [0.29, 0.717) is 22.4 Å². The van der Waals surface area contributed by atoms with E-state index in [1.165, 1.54) is 4.90 Å². The monoisotopic (exact) mass is 352 g/mol. The molecular weight excluding hydrogens is 339 g/mol. The number of halogens is 2. The predicted molar refractivity (Wildman–Crippen MR) is 86.1 cm³/mol. The Bertz CT molecular complexity index is 746. The van der Waals surface area contributed by atoms with E-state index in [1.807, 2.05) is 11.0 Å². The number of amides is 1. The zero-order valence-corrected chi connectivity index (χ0v) is 13.8. The van der Waals surface area contributed by atoms with Crippen molar-refractivity contribution in [1.82, 2.24) is 9.80 Å². The summed E-state index contributed by atoms with van der Waals surface area (Å²) in [4.78, 5) is 27.2. The third-order valence-corrected chi connectivity index (χ3v) is 4.52. The molecule has 1 aromatic carbocycles. The minimum atomic E-state index is -0.517. The summed E-state index contributed by atoms with van der Waals surface area (Å²) >= 11 is 12.0. The third-order valence-electron chi connectivity index (χ3n) is 3.79. The van der Waals surface area contributed by atoms with Gasteiger partial charge < -0.3 is 9.32 Å². The zero-order chi connectivity index (χ0) is 16.6. The predicted octanol–water partition coefficient (Wildman–Crippen LogP) is 3.13. The Kier molecular flexibility index (Phi) is 4.43. The summed E-state index contributed by atoms with van der Waals surface area (Å²) in [5, 5.41) is 0.923. The highest BCUT2D eigenvalue weighted by molar-refractivity contribution is 6.42. The van der Waals surface area contributed by atoms with Crippen molar-refractivity contribution in [1.29, 1.82) is 0 Å². The largest absolute Gasteiger partial charge is 0.466 e. The van der Waals surface area contributed by atoms with Crippen LogP contribution in [0.4, 0.5) is 0 Å². The van der Waals surface area contributed by atoms with Crippen molar-refractivity contribution >= 4 is 34.9 Å². The van der Waals surface area contributed by atoms with Crippen LogP contribution in [0.15, 0.2) is 41.0 Å². The van der Waals surface area contributed by atoms with Crippen LogP contribution in [0.25, 0.3) is 0 Å². The molecule has 1 fully saturated rings. The SMILES string of the molecule is CN1C(=O)C(=O)CN(Cc2ccc(Cl)c(Cl)c2)C1c1ccco1. The molecular formula is C16H14Cl2N2O3. The van der Waals surface area contributed by atoms with Crippen molar-refractivity contribution in [2.75, 3.05) is 13.6 Å². The summed E-state index contributed by atoms with van der Waals surface area (Å²) < 4.78 is 5.44. The maximum absolute atomic E-state index is 12.0. The van der Waals surface area contributed by atoms with Gasteiger partial charge in [-0.1, -0.05) is 29.3 Å². The van der Waals surface area contributed by atoms with E-state index in [0.717, 1.165) is 5.56 Å². The number of carbonyl (C=O) groups excluding carboxylic acids is 2. The number of benzene rings is 1. The number of furan rings is 1. The number of hydrogen-bond acceptors (Lipinski definition) is 4. The molecule has 0 radical (unpaired) electrons. The first-order valence-corrected chi connectivity index (χ1v) is 7.74. The van der Waals surface area contributed by atoms with Gasteiger partial charge in [-0.05, 0) is 29.8 Å². The molecule has 0 bridgehead atoms. The van der Waals surface area contributed by atoms with Crippen LogP contribution in [0.3, 0.4) is 0 Å². The van der Waals surface area contributed by atoms with Gasteiger partial charge in [0.05, 0.1) is 22.9 Å². The van der Waals surface area contributed by atoms with Crippen molar-refractivity contribution in [3.63, 3.8) is 0 Å². The van der Waals surface area contributed by atoms with Gasteiger partial charge in [-0.15, -0.1) is 0 Å². The minimum Gasteiger partial charge on any atom is -0.466 e. The third kappa shape index (κ3) is 3.13. The summed E-state index contributed by atoms with van der Waals surface area (Å²) in [7, 11) is 1.59. The van der Waals surface area contributed by atoms with Gasteiger partial charge in [0.15, 0.2) is 0 Å². The smallest absolute Gasteiger partial charge is 0.292 e. The van der Waals surface area contributed by atoms with E-state index >= 15 is 0 Å². The minimum absolute atomic E-state index is 0.0226. The van der Waals surface area contributed by atoms with E-state index in [-0.39, 0.29) is 6.54 Å². The van der Waals surface area contributed by atoms with Crippen LogP contribution in [0.2, 0.25) is 10.0 Å². The Balaban J connectivity index is 1.92. The van der Waals surface area contributed by atoms with Crippen molar-refractivity contribution in [2.45, 2.75) is 12.7 Å². The van der Waals surface area contributed by atoms with E-state index in [2.05, 4.69) is 0 Å². The molecule has 5 nitrogen and oxygen atoms in total. The molecule has 120 valence electrons. The van der Waals surface area contributed by atoms with E-state index in [9.17, 15) is 9.59 Å². The molecule has 0 N–H and O–H groups in total. The van der Waals surface area contributed by atoms with Crippen molar-refractivity contribution < 1.29 is 14.0 Å². The second-order valence-electron chi connectivity index (χ2n) is 5.38. The van der Waals surface area contributed by atoms with Crippen LogP contribution >= 0.6 is 23.2 Å². The highest BCUT2D eigenvalue weighted by Crippen LogP contribution is 2.30. The molecule has 2 heterocycles. The van der Waals surface area contributed by atoms with Gasteiger partial charge in [0.2, 0.25) is 5.78 Å². The molecule has 23 heavy (non-hydrogen) atoms. The molecule has 7 heteroatoms. The second kappa shape index (κ2) is 6.35. The van der Waals surface area contributed by atoms with Gasteiger partial charge >= 0.3 is 0 Å². The van der Waals surface area contributed by atoms with E-state index < -0.39 is 17.9 Å². The molecule has 1 saturated heterocycles. The van der Waals surface area contributed by atoms with Crippen molar-refractivity contribution in [2.24, 2.45) is 0 Å². The van der Waals surface area contributed by atoms with Crippen molar-refractivity contribution in [3.05, 3.63) is 58.0 Å². The van der Waals surface area contributed by atoms with Gasteiger partial charge in [-0.25, -0.2) is 0 Å². The highest BCUT2D eigenvalue weighted by Gasteiger charge is 2.39. The quantitative estimate of drug-likeness (QED) is 0.796. The fraction of sp³-hybridized carbons (Fsp3) is 0.250. The van der Waals surface area contributed by atoms with Crippen LogP contribution in [0.1, 0.15) is 17.5 Å². The van der Waals surface area contributed by atoms with Gasteiger partial charge in [-0.2, -0.15) is 0 Å². The molecule has 1 aliphatic rings. The second-order valence-corrected chi connectivity index (χ2v) is 6.20. The number of rotatable bonds is 3. The molecule has 0 saturated carbocycles. The number of nitrogens with zero attached hydrogens (tertiary/aromatic N) is 2. The number of Topliss-reactive ketones (excluding diaryl/α,β-unsaturated/α-hetero) is 1. The molecule has 1 aliphatic heterocycles. The van der Waals surface area contributed by atoms with E-state index in [4.69, 9.17) is 27.6 Å². The summed E-state index contributed by atoms with van der Waals surface area (Å²) in [6, 6.07) is 8.84. The molecule has 1 amide bonds. The summed E-state index contributed by atoms with van der Waals surface area (Å²) in [5.74, 6) is -0.361. The number of likely N-dealkylation sites (N-methyl/N-ethyl adjacent to an activating group) is 1. The van der Waals surface area contributed by atoms with Gasteiger partial charge in [0.25, 0.3) is 5.91 Å². The normalized spacial score (nSPS) is 19.4.